The molecule has 3 heteroatoms. The fourth-order valence-corrected chi connectivity index (χ4v) is 3.72. The molecule has 0 radical (unpaired) electrons. The fourth-order valence-electron chi connectivity index (χ4n) is 3.72. The molecule has 0 aliphatic carbocycles. The Labute approximate surface area is 163 Å². The highest BCUT2D eigenvalue weighted by atomic mass is 15.2. The topological polar surface area (TPSA) is 41.3 Å². The van der Waals surface area contributed by atoms with Crippen molar-refractivity contribution in [3.8, 4) is 0 Å². The predicted molar refractivity (Wildman–Crippen MR) is 114 cm³/mol. The van der Waals surface area contributed by atoms with Gasteiger partial charge in [0, 0.05) is 37.9 Å². The number of rotatable bonds is 8. The summed E-state index contributed by atoms with van der Waals surface area (Å²) < 4.78 is 0. The Bertz CT molecular complexity index is 764. The zero-order valence-corrected chi connectivity index (χ0v) is 16.3. The molecule has 2 aromatic carbocycles. The number of benzene rings is 2. The van der Waals surface area contributed by atoms with Crippen LogP contribution in [0.5, 0.6) is 0 Å². The van der Waals surface area contributed by atoms with Crippen LogP contribution in [-0.4, -0.2) is 30.6 Å². The number of allylic oxidation sites excluding steroid dienone is 3. The average molecular weight is 362 g/mol. The fraction of sp³-hybridized carbons (Fsp3) is 0.333. The maximum atomic E-state index is 6.01. The molecule has 0 spiro atoms. The summed E-state index contributed by atoms with van der Waals surface area (Å²) in [6.07, 6.45) is 8.15. The lowest BCUT2D eigenvalue weighted by Crippen LogP contribution is -2.45. The van der Waals surface area contributed by atoms with Crippen LogP contribution in [0, 0.1) is 0 Å². The largest absolute Gasteiger partial charge is 0.401 e. The molecule has 1 atom stereocenters. The molecule has 3 nitrogen and oxygen atoms in total. The highest BCUT2D eigenvalue weighted by Crippen LogP contribution is 2.25. The monoisotopic (exact) mass is 361 g/mol. The van der Waals surface area contributed by atoms with Crippen molar-refractivity contribution in [3.63, 3.8) is 0 Å². The lowest BCUT2D eigenvalue weighted by molar-refractivity contribution is 0.171. The molecule has 142 valence electrons. The summed E-state index contributed by atoms with van der Waals surface area (Å²) in [5.74, 6) is 0. The van der Waals surface area contributed by atoms with E-state index in [-0.39, 0.29) is 0 Å². The van der Waals surface area contributed by atoms with Gasteiger partial charge in [-0.2, -0.15) is 0 Å². The number of nitrogens with zero attached hydrogens (tertiary/aromatic N) is 1. The Hall–Kier alpha value is -2.36. The van der Waals surface area contributed by atoms with Crippen molar-refractivity contribution in [2.75, 3.05) is 19.6 Å². The zero-order valence-electron chi connectivity index (χ0n) is 16.3. The predicted octanol–water partition coefficient (Wildman–Crippen LogP) is 3.66. The summed E-state index contributed by atoms with van der Waals surface area (Å²) in [7, 11) is 0. The molecule has 0 fully saturated rings. The zero-order chi connectivity index (χ0) is 18.9. The lowest BCUT2D eigenvalue weighted by atomic mass is 9.90. The summed E-state index contributed by atoms with van der Waals surface area (Å²) in [6, 6.07) is 20.3. The molecule has 3 rings (SSSR count). The van der Waals surface area contributed by atoms with Crippen molar-refractivity contribution in [2.45, 2.75) is 32.4 Å². The quantitative estimate of drug-likeness (QED) is 0.557. The first kappa shape index (κ1) is 19.4. The van der Waals surface area contributed by atoms with Gasteiger partial charge >= 0.3 is 0 Å². The molecule has 0 amide bonds. The van der Waals surface area contributed by atoms with E-state index >= 15 is 0 Å². The molecule has 1 aliphatic heterocycles. The Kier molecular flexibility index (Phi) is 7.26. The van der Waals surface area contributed by atoms with Crippen molar-refractivity contribution in [2.24, 2.45) is 5.73 Å². The number of hydrogen-bond donors (Lipinski definition) is 2. The smallest absolute Gasteiger partial charge is 0.0352 e. The Morgan fingerprint density at radius 3 is 2.63 bits per heavy atom. The van der Waals surface area contributed by atoms with Gasteiger partial charge in [0.15, 0.2) is 0 Å². The normalized spacial score (nSPS) is 18.0. The summed E-state index contributed by atoms with van der Waals surface area (Å²) >= 11 is 0. The summed E-state index contributed by atoms with van der Waals surface area (Å²) in [5, 5.41) is 3.48. The van der Waals surface area contributed by atoms with Gasteiger partial charge < -0.3 is 11.1 Å². The molecular formula is C24H31N3. The SMILES string of the molecule is C/C=C\C=C(/N)CNCCN1Cc2ccccc2CC1Cc1ccccc1. The highest BCUT2D eigenvalue weighted by molar-refractivity contribution is 5.31. The van der Waals surface area contributed by atoms with Gasteiger partial charge in [0.1, 0.15) is 0 Å². The van der Waals surface area contributed by atoms with E-state index in [1.807, 2.05) is 25.2 Å². The number of fused-ring (bicyclic) bond motifs is 1. The van der Waals surface area contributed by atoms with E-state index < -0.39 is 0 Å². The van der Waals surface area contributed by atoms with Crippen molar-refractivity contribution in [1.82, 2.24) is 10.2 Å². The number of nitrogens with two attached hydrogens (primary N) is 1. The summed E-state index contributed by atoms with van der Waals surface area (Å²) in [6.45, 7) is 5.73. The summed E-state index contributed by atoms with van der Waals surface area (Å²) in [4.78, 5) is 2.62. The van der Waals surface area contributed by atoms with Gasteiger partial charge in [-0.25, -0.2) is 0 Å². The van der Waals surface area contributed by atoms with Gasteiger partial charge in [-0.05, 0) is 42.5 Å². The van der Waals surface area contributed by atoms with Gasteiger partial charge in [0.2, 0.25) is 0 Å². The van der Waals surface area contributed by atoms with Crippen LogP contribution in [-0.2, 0) is 19.4 Å². The maximum Gasteiger partial charge on any atom is 0.0352 e. The minimum Gasteiger partial charge on any atom is -0.401 e. The van der Waals surface area contributed by atoms with E-state index in [2.05, 4.69) is 64.8 Å². The van der Waals surface area contributed by atoms with Crippen LogP contribution in [0.2, 0.25) is 0 Å². The second kappa shape index (κ2) is 10.1. The average Bonchev–Trinajstić information content (AvgIpc) is 2.70. The molecule has 1 aliphatic rings. The minimum atomic E-state index is 0.542. The molecule has 27 heavy (non-hydrogen) atoms. The maximum absolute atomic E-state index is 6.01. The third-order valence-electron chi connectivity index (χ3n) is 5.19. The van der Waals surface area contributed by atoms with Crippen LogP contribution in [0.25, 0.3) is 0 Å². The second-order valence-corrected chi connectivity index (χ2v) is 7.23. The minimum absolute atomic E-state index is 0.542. The third kappa shape index (κ3) is 5.81. The van der Waals surface area contributed by atoms with E-state index in [1.54, 1.807) is 0 Å². The molecule has 3 N–H and O–H groups in total. The molecule has 0 aromatic heterocycles. The molecule has 0 saturated carbocycles. The molecule has 1 unspecified atom stereocenters. The first-order valence-electron chi connectivity index (χ1n) is 9.89. The molecule has 1 heterocycles. The molecule has 2 aromatic rings. The highest BCUT2D eigenvalue weighted by Gasteiger charge is 2.25. The van der Waals surface area contributed by atoms with E-state index in [4.69, 9.17) is 5.73 Å². The third-order valence-corrected chi connectivity index (χ3v) is 5.19. The van der Waals surface area contributed by atoms with Crippen molar-refractivity contribution < 1.29 is 0 Å². The van der Waals surface area contributed by atoms with Crippen LogP contribution in [0.1, 0.15) is 23.6 Å². The first-order chi connectivity index (χ1) is 13.3. The van der Waals surface area contributed by atoms with Crippen LogP contribution in [0.4, 0.5) is 0 Å². The van der Waals surface area contributed by atoms with E-state index in [9.17, 15) is 0 Å². The van der Waals surface area contributed by atoms with Crippen molar-refractivity contribution in [1.29, 1.82) is 0 Å². The van der Waals surface area contributed by atoms with Gasteiger partial charge in [-0.15, -0.1) is 0 Å². The Balaban J connectivity index is 1.61. The molecule has 0 saturated heterocycles. The summed E-state index contributed by atoms with van der Waals surface area (Å²) in [5.41, 5.74) is 11.3. The van der Waals surface area contributed by atoms with E-state index in [0.717, 1.165) is 44.7 Å². The van der Waals surface area contributed by atoms with Gasteiger partial charge in [-0.1, -0.05) is 66.7 Å². The standard InChI is InChI=1S/C24H31N3/c1-2-3-13-23(25)18-26-14-15-27-19-22-12-8-7-11-21(22)17-24(27)16-20-9-5-4-6-10-20/h2-13,24,26H,14-19,25H2,1H3/b3-2-,23-13-. The second-order valence-electron chi connectivity index (χ2n) is 7.23. The van der Waals surface area contributed by atoms with Crippen molar-refractivity contribution >= 4 is 0 Å². The van der Waals surface area contributed by atoms with Crippen molar-refractivity contribution in [3.05, 3.63) is 95.2 Å². The molecular weight excluding hydrogens is 330 g/mol. The Morgan fingerprint density at radius 1 is 1.11 bits per heavy atom. The van der Waals surface area contributed by atoms with Crippen LogP contribution < -0.4 is 11.1 Å². The van der Waals surface area contributed by atoms with Gasteiger partial charge in [0.25, 0.3) is 0 Å². The van der Waals surface area contributed by atoms with E-state index in [1.165, 1.54) is 16.7 Å². The van der Waals surface area contributed by atoms with E-state index in [0.29, 0.717) is 6.04 Å². The van der Waals surface area contributed by atoms with Crippen LogP contribution in [0.3, 0.4) is 0 Å². The lowest BCUT2D eigenvalue weighted by Gasteiger charge is -2.37. The number of hydrogen-bond acceptors (Lipinski definition) is 3. The number of nitrogens with one attached hydrogen (secondary N) is 1. The Morgan fingerprint density at radius 2 is 1.85 bits per heavy atom. The van der Waals surface area contributed by atoms with Crippen LogP contribution in [0.15, 0.2) is 78.5 Å². The van der Waals surface area contributed by atoms with Gasteiger partial charge in [-0.3, -0.25) is 4.90 Å². The first-order valence-corrected chi connectivity index (χ1v) is 9.89. The molecule has 0 bridgehead atoms. The van der Waals surface area contributed by atoms with Gasteiger partial charge in [0.05, 0.1) is 0 Å². The van der Waals surface area contributed by atoms with Crippen LogP contribution >= 0.6 is 0 Å².